The molecule has 2 aromatic carbocycles. The third-order valence-electron chi connectivity index (χ3n) is 7.34. The van der Waals surface area contributed by atoms with Crippen molar-refractivity contribution >= 4 is 20.0 Å². The second-order valence-electron chi connectivity index (χ2n) is 10.0. The van der Waals surface area contributed by atoms with Gasteiger partial charge in [0.25, 0.3) is 0 Å². The summed E-state index contributed by atoms with van der Waals surface area (Å²) < 4.78 is 62.7. The van der Waals surface area contributed by atoms with E-state index in [1.807, 2.05) is 0 Å². The zero-order valence-corrected chi connectivity index (χ0v) is 22.1. The van der Waals surface area contributed by atoms with E-state index in [9.17, 15) is 16.8 Å². The van der Waals surface area contributed by atoms with Crippen molar-refractivity contribution in [2.75, 3.05) is 0 Å². The number of benzene rings is 2. The number of hydrogen-bond acceptors (Lipinski definition) is 5. The van der Waals surface area contributed by atoms with E-state index in [2.05, 4.69) is 23.3 Å². The second-order valence-corrected chi connectivity index (χ2v) is 13.5. The van der Waals surface area contributed by atoms with Crippen LogP contribution in [0.4, 0.5) is 0 Å². The molecular weight excluding hydrogens is 484 g/mol. The summed E-state index contributed by atoms with van der Waals surface area (Å²) in [4.78, 5) is 0.402. The van der Waals surface area contributed by atoms with Crippen LogP contribution in [-0.2, 0) is 20.0 Å². The molecule has 2 fully saturated rings. The van der Waals surface area contributed by atoms with Crippen LogP contribution in [0.1, 0.15) is 65.2 Å². The van der Waals surface area contributed by atoms with E-state index in [0.717, 1.165) is 51.4 Å². The van der Waals surface area contributed by atoms with E-state index in [-0.39, 0.29) is 21.9 Å². The average Bonchev–Trinajstić information content (AvgIpc) is 2.83. The van der Waals surface area contributed by atoms with E-state index in [4.69, 9.17) is 4.74 Å². The standard InChI is InChI=1S/C26H36N2O5S2/c1-19-7-3-5-9-25(19)27-34(29,30)23-15-11-21(12-16-23)33-22-13-17-24(18-14-22)35(31,32)28-26-10-6-4-8-20(26)2/h11-20,25-28H,3-10H2,1-2H3/t19-,20-,25+,26+/m0/s1. The third-order valence-corrected chi connectivity index (χ3v) is 10.4. The molecule has 0 bridgehead atoms. The molecule has 0 heterocycles. The predicted octanol–water partition coefficient (Wildman–Crippen LogP) is 5.19. The molecule has 4 rings (SSSR count). The maximum atomic E-state index is 12.8. The van der Waals surface area contributed by atoms with Gasteiger partial charge in [0.05, 0.1) is 9.79 Å². The van der Waals surface area contributed by atoms with Crippen LogP contribution >= 0.6 is 0 Å². The molecule has 0 radical (unpaired) electrons. The van der Waals surface area contributed by atoms with Crippen molar-refractivity contribution in [3.63, 3.8) is 0 Å². The molecular formula is C26H36N2O5S2. The molecule has 0 aliphatic heterocycles. The highest BCUT2D eigenvalue weighted by molar-refractivity contribution is 7.89. The van der Waals surface area contributed by atoms with E-state index < -0.39 is 20.0 Å². The van der Waals surface area contributed by atoms with Gasteiger partial charge in [0.2, 0.25) is 20.0 Å². The summed E-state index contributed by atoms with van der Waals surface area (Å²) in [7, 11) is -7.20. The summed E-state index contributed by atoms with van der Waals surface area (Å²) >= 11 is 0. The summed E-state index contributed by atoms with van der Waals surface area (Å²) in [5, 5.41) is 0. The van der Waals surface area contributed by atoms with E-state index in [1.165, 1.54) is 24.3 Å². The highest BCUT2D eigenvalue weighted by Gasteiger charge is 2.28. The average molecular weight is 521 g/mol. The van der Waals surface area contributed by atoms with Gasteiger partial charge in [-0.05, 0) is 86.1 Å². The van der Waals surface area contributed by atoms with E-state index in [1.54, 1.807) is 24.3 Å². The lowest BCUT2D eigenvalue weighted by atomic mass is 9.87. The van der Waals surface area contributed by atoms with Gasteiger partial charge in [0.15, 0.2) is 0 Å². The summed E-state index contributed by atoms with van der Waals surface area (Å²) in [6.07, 6.45) is 8.18. The van der Waals surface area contributed by atoms with Gasteiger partial charge in [0.1, 0.15) is 11.5 Å². The summed E-state index contributed by atoms with van der Waals surface area (Å²) in [5.74, 6) is 1.60. The van der Waals surface area contributed by atoms with Crippen molar-refractivity contribution in [1.82, 2.24) is 9.44 Å². The first-order chi connectivity index (χ1) is 16.6. The van der Waals surface area contributed by atoms with Gasteiger partial charge in [-0.25, -0.2) is 26.3 Å². The van der Waals surface area contributed by atoms with Crippen molar-refractivity contribution in [1.29, 1.82) is 0 Å². The Bertz CT molecular complexity index is 1100. The van der Waals surface area contributed by atoms with Crippen molar-refractivity contribution in [2.45, 2.75) is 87.1 Å². The first-order valence-corrected chi connectivity index (χ1v) is 15.5. The molecule has 0 amide bonds. The fraction of sp³-hybridized carbons (Fsp3) is 0.538. The topological polar surface area (TPSA) is 102 Å². The first kappa shape index (κ1) is 26.1. The fourth-order valence-corrected chi connectivity index (χ4v) is 7.79. The van der Waals surface area contributed by atoms with Crippen molar-refractivity contribution in [3.05, 3.63) is 48.5 Å². The zero-order valence-electron chi connectivity index (χ0n) is 20.4. The molecule has 2 saturated carbocycles. The van der Waals surface area contributed by atoms with Crippen molar-refractivity contribution < 1.29 is 21.6 Å². The smallest absolute Gasteiger partial charge is 0.240 e. The van der Waals surface area contributed by atoms with Gasteiger partial charge in [-0.3, -0.25) is 0 Å². The lowest BCUT2D eigenvalue weighted by Crippen LogP contribution is -2.40. The third kappa shape index (κ3) is 6.64. The molecule has 2 aliphatic carbocycles. The van der Waals surface area contributed by atoms with Crippen LogP contribution in [0.3, 0.4) is 0 Å². The molecule has 7 nitrogen and oxygen atoms in total. The van der Waals surface area contributed by atoms with Crippen LogP contribution in [0.5, 0.6) is 11.5 Å². The maximum Gasteiger partial charge on any atom is 0.240 e. The molecule has 0 saturated heterocycles. The Balaban J connectivity index is 1.38. The number of rotatable bonds is 8. The van der Waals surface area contributed by atoms with Crippen LogP contribution in [0.15, 0.2) is 58.3 Å². The van der Waals surface area contributed by atoms with Gasteiger partial charge in [-0.2, -0.15) is 0 Å². The zero-order chi connectivity index (χ0) is 25.1. The van der Waals surface area contributed by atoms with Gasteiger partial charge in [-0.15, -0.1) is 0 Å². The molecule has 9 heteroatoms. The van der Waals surface area contributed by atoms with Gasteiger partial charge < -0.3 is 4.74 Å². The van der Waals surface area contributed by atoms with Crippen molar-refractivity contribution in [2.24, 2.45) is 11.8 Å². The fourth-order valence-electron chi connectivity index (χ4n) is 5.03. The molecule has 2 aromatic rings. The Kier molecular flexibility index (Phi) is 8.20. The van der Waals surface area contributed by atoms with Crippen LogP contribution < -0.4 is 14.2 Å². The normalized spacial score (nSPS) is 25.8. The Morgan fingerprint density at radius 2 is 0.943 bits per heavy atom. The maximum absolute atomic E-state index is 12.8. The van der Waals surface area contributed by atoms with Crippen LogP contribution in [0.25, 0.3) is 0 Å². The molecule has 0 unspecified atom stereocenters. The summed E-state index contributed by atoms with van der Waals surface area (Å²) in [6, 6.07) is 12.5. The quantitative estimate of drug-likeness (QED) is 0.499. The SMILES string of the molecule is C[C@H]1CCCC[C@H]1NS(=O)(=O)c1ccc(Oc2ccc(S(=O)(=O)N[C@@H]3CCCC[C@@H]3C)cc2)cc1. The minimum absolute atomic E-state index is 0.0321. The lowest BCUT2D eigenvalue weighted by Gasteiger charge is -2.29. The number of sulfonamides is 2. The Morgan fingerprint density at radius 3 is 1.29 bits per heavy atom. The summed E-state index contributed by atoms with van der Waals surface area (Å²) in [5.41, 5.74) is 0. The molecule has 2 aliphatic rings. The summed E-state index contributed by atoms with van der Waals surface area (Å²) in [6.45, 7) is 4.18. The predicted molar refractivity (Wildman–Crippen MR) is 136 cm³/mol. The first-order valence-electron chi connectivity index (χ1n) is 12.6. The molecule has 2 N–H and O–H groups in total. The minimum Gasteiger partial charge on any atom is -0.457 e. The molecule has 4 atom stereocenters. The number of hydrogen-bond donors (Lipinski definition) is 2. The molecule has 0 aromatic heterocycles. The highest BCUT2D eigenvalue weighted by atomic mass is 32.2. The number of nitrogens with one attached hydrogen (secondary N) is 2. The van der Waals surface area contributed by atoms with Crippen LogP contribution in [-0.4, -0.2) is 28.9 Å². The highest BCUT2D eigenvalue weighted by Crippen LogP contribution is 2.28. The Labute approximate surface area is 209 Å². The Hall–Kier alpha value is -1.94. The van der Waals surface area contributed by atoms with E-state index in [0.29, 0.717) is 23.3 Å². The van der Waals surface area contributed by atoms with Crippen LogP contribution in [0, 0.1) is 11.8 Å². The minimum atomic E-state index is -3.60. The Morgan fingerprint density at radius 1 is 0.600 bits per heavy atom. The largest absolute Gasteiger partial charge is 0.457 e. The lowest BCUT2D eigenvalue weighted by molar-refractivity contribution is 0.310. The number of ether oxygens (including phenoxy) is 1. The van der Waals surface area contributed by atoms with Crippen molar-refractivity contribution in [3.8, 4) is 11.5 Å². The monoisotopic (exact) mass is 520 g/mol. The van der Waals surface area contributed by atoms with Gasteiger partial charge >= 0.3 is 0 Å². The van der Waals surface area contributed by atoms with Gasteiger partial charge in [-0.1, -0.05) is 39.5 Å². The van der Waals surface area contributed by atoms with E-state index >= 15 is 0 Å². The van der Waals surface area contributed by atoms with Gasteiger partial charge in [0, 0.05) is 12.1 Å². The molecule has 35 heavy (non-hydrogen) atoms. The molecule has 192 valence electrons. The molecule has 0 spiro atoms. The van der Waals surface area contributed by atoms with Crippen LogP contribution in [0.2, 0.25) is 0 Å². The second kappa shape index (κ2) is 11.0.